The average molecular weight is 225 g/mol. The molecule has 0 aliphatic carbocycles. The van der Waals surface area contributed by atoms with E-state index in [4.69, 9.17) is 0 Å². The molecule has 0 unspecified atom stereocenters. The van der Waals surface area contributed by atoms with Crippen LogP contribution in [-0.4, -0.2) is 33.1 Å². The number of aromatic nitrogens is 2. The van der Waals surface area contributed by atoms with E-state index in [-0.39, 0.29) is 5.75 Å². The van der Waals surface area contributed by atoms with Crippen LogP contribution in [-0.2, 0) is 6.54 Å². The highest BCUT2D eigenvalue weighted by Crippen LogP contribution is 2.14. The highest BCUT2D eigenvalue weighted by molar-refractivity contribution is 5.21. The Morgan fingerprint density at radius 2 is 1.81 bits per heavy atom. The first-order chi connectivity index (χ1) is 7.66. The van der Waals surface area contributed by atoms with Gasteiger partial charge in [0.1, 0.15) is 0 Å². The molecule has 0 saturated carbocycles. The number of rotatable bonds is 2. The second-order valence-electron chi connectivity index (χ2n) is 4.07. The van der Waals surface area contributed by atoms with Crippen molar-refractivity contribution < 1.29 is 5.11 Å². The first kappa shape index (κ1) is 10.9. The molecule has 2 heterocycles. The van der Waals surface area contributed by atoms with Gasteiger partial charge in [-0.2, -0.15) is 0 Å². The number of aromatic amines is 2. The van der Waals surface area contributed by atoms with Gasteiger partial charge in [-0.15, -0.1) is 0 Å². The van der Waals surface area contributed by atoms with Crippen molar-refractivity contribution in [1.29, 1.82) is 0 Å². The number of hydrogen-bond acceptors (Lipinski definition) is 4. The van der Waals surface area contributed by atoms with E-state index in [1.807, 2.05) is 4.98 Å². The zero-order valence-electron chi connectivity index (χ0n) is 8.95. The summed E-state index contributed by atoms with van der Waals surface area (Å²) in [5.74, 6) is -0.384. The van der Waals surface area contributed by atoms with Crippen LogP contribution in [0.5, 0.6) is 5.75 Å². The average Bonchev–Trinajstić information content (AvgIpc) is 2.27. The highest BCUT2D eigenvalue weighted by atomic mass is 16.3. The molecule has 1 aliphatic heterocycles. The van der Waals surface area contributed by atoms with E-state index in [2.05, 4.69) is 9.88 Å². The van der Waals surface area contributed by atoms with Gasteiger partial charge in [0.05, 0.1) is 5.69 Å². The number of nitrogens with zero attached hydrogens (tertiary/aromatic N) is 1. The van der Waals surface area contributed by atoms with Crippen LogP contribution in [0.4, 0.5) is 0 Å². The Balaban J connectivity index is 2.20. The topological polar surface area (TPSA) is 89.2 Å². The summed E-state index contributed by atoms with van der Waals surface area (Å²) in [6.45, 7) is 2.30. The minimum Gasteiger partial charge on any atom is -0.502 e. The van der Waals surface area contributed by atoms with E-state index in [1.165, 1.54) is 6.42 Å². The molecule has 16 heavy (non-hydrogen) atoms. The highest BCUT2D eigenvalue weighted by Gasteiger charge is 2.14. The lowest BCUT2D eigenvalue weighted by atomic mass is 10.1. The molecule has 0 amide bonds. The Labute approximate surface area is 91.9 Å². The van der Waals surface area contributed by atoms with Crippen LogP contribution < -0.4 is 11.2 Å². The first-order valence-corrected chi connectivity index (χ1v) is 5.43. The van der Waals surface area contributed by atoms with Crippen LogP contribution in [0.2, 0.25) is 0 Å². The number of H-pyrrole nitrogens is 2. The van der Waals surface area contributed by atoms with Crippen LogP contribution in [0, 0.1) is 0 Å². The molecule has 3 N–H and O–H groups in total. The monoisotopic (exact) mass is 225 g/mol. The molecule has 88 valence electrons. The Hall–Kier alpha value is -1.56. The van der Waals surface area contributed by atoms with Crippen molar-refractivity contribution in [3.8, 4) is 5.75 Å². The van der Waals surface area contributed by atoms with Gasteiger partial charge in [0.15, 0.2) is 0 Å². The van der Waals surface area contributed by atoms with Gasteiger partial charge in [-0.1, -0.05) is 6.42 Å². The standard InChI is InChI=1S/C10H15N3O3/c14-8-7(11-10(16)12-9(8)15)6-13-4-2-1-3-5-13/h14H,1-6H2,(H2,11,12,15,16). The first-order valence-electron chi connectivity index (χ1n) is 5.43. The van der Waals surface area contributed by atoms with Crippen molar-refractivity contribution >= 4 is 0 Å². The third-order valence-corrected chi connectivity index (χ3v) is 2.82. The van der Waals surface area contributed by atoms with Crippen molar-refractivity contribution in [2.75, 3.05) is 13.1 Å². The minimum atomic E-state index is -0.726. The molecule has 0 spiro atoms. The molecule has 1 saturated heterocycles. The second-order valence-corrected chi connectivity index (χ2v) is 4.07. The summed E-state index contributed by atoms with van der Waals surface area (Å²) in [4.78, 5) is 28.8. The lowest BCUT2D eigenvalue weighted by Gasteiger charge is -2.26. The molecule has 1 fully saturated rings. The van der Waals surface area contributed by atoms with Crippen LogP contribution in [0.25, 0.3) is 0 Å². The lowest BCUT2D eigenvalue weighted by molar-refractivity contribution is 0.215. The van der Waals surface area contributed by atoms with Crippen molar-refractivity contribution in [3.05, 3.63) is 26.5 Å². The molecule has 1 aliphatic rings. The van der Waals surface area contributed by atoms with Gasteiger partial charge >= 0.3 is 5.69 Å². The Bertz CT molecular complexity index is 471. The molecular formula is C10H15N3O3. The zero-order valence-corrected chi connectivity index (χ0v) is 8.95. The van der Waals surface area contributed by atoms with E-state index >= 15 is 0 Å². The van der Waals surface area contributed by atoms with E-state index in [1.54, 1.807) is 0 Å². The zero-order chi connectivity index (χ0) is 11.5. The third kappa shape index (κ3) is 2.33. The molecule has 1 aromatic heterocycles. The maximum atomic E-state index is 11.2. The number of likely N-dealkylation sites (tertiary alicyclic amines) is 1. The molecule has 0 atom stereocenters. The van der Waals surface area contributed by atoms with Crippen molar-refractivity contribution in [2.24, 2.45) is 0 Å². The van der Waals surface area contributed by atoms with Crippen molar-refractivity contribution in [3.63, 3.8) is 0 Å². The number of piperidine rings is 1. The molecule has 1 aromatic rings. The Morgan fingerprint density at radius 3 is 2.50 bits per heavy atom. The summed E-state index contributed by atoms with van der Waals surface area (Å²) in [6.07, 6.45) is 3.46. The minimum absolute atomic E-state index is 0.302. The van der Waals surface area contributed by atoms with E-state index < -0.39 is 11.2 Å². The van der Waals surface area contributed by atoms with Crippen LogP contribution in [0.1, 0.15) is 25.0 Å². The molecule has 6 heteroatoms. The predicted molar refractivity (Wildman–Crippen MR) is 58.5 cm³/mol. The fraction of sp³-hybridized carbons (Fsp3) is 0.600. The maximum absolute atomic E-state index is 11.2. The van der Waals surface area contributed by atoms with Gasteiger partial charge in [0.2, 0.25) is 5.75 Å². The number of aromatic hydroxyl groups is 1. The molecular weight excluding hydrogens is 210 g/mol. The Kier molecular flexibility index (Phi) is 3.09. The third-order valence-electron chi connectivity index (χ3n) is 2.82. The van der Waals surface area contributed by atoms with E-state index in [0.29, 0.717) is 12.2 Å². The summed E-state index contributed by atoms with van der Waals surface area (Å²) in [6, 6.07) is 0. The van der Waals surface area contributed by atoms with Gasteiger partial charge in [0, 0.05) is 6.54 Å². The van der Waals surface area contributed by atoms with E-state index in [9.17, 15) is 14.7 Å². The fourth-order valence-electron chi connectivity index (χ4n) is 1.98. The quantitative estimate of drug-likeness (QED) is 0.647. The molecule has 0 radical (unpaired) electrons. The van der Waals surface area contributed by atoms with Crippen LogP contribution >= 0.6 is 0 Å². The summed E-state index contributed by atoms with van der Waals surface area (Å²) >= 11 is 0. The lowest BCUT2D eigenvalue weighted by Crippen LogP contribution is -2.32. The Morgan fingerprint density at radius 1 is 1.12 bits per heavy atom. The van der Waals surface area contributed by atoms with Gasteiger partial charge in [-0.3, -0.25) is 14.7 Å². The van der Waals surface area contributed by atoms with E-state index in [0.717, 1.165) is 25.9 Å². The van der Waals surface area contributed by atoms with Crippen molar-refractivity contribution in [1.82, 2.24) is 14.9 Å². The summed E-state index contributed by atoms with van der Waals surface area (Å²) in [5, 5.41) is 9.51. The second kappa shape index (κ2) is 4.52. The number of nitrogens with one attached hydrogen (secondary N) is 2. The SMILES string of the molecule is O=c1[nH]c(CN2CCCCC2)c(O)c(=O)[nH]1. The number of hydrogen-bond donors (Lipinski definition) is 3. The normalized spacial score (nSPS) is 17.5. The van der Waals surface area contributed by atoms with Gasteiger partial charge in [0.25, 0.3) is 5.56 Å². The molecule has 2 rings (SSSR count). The molecule has 0 aromatic carbocycles. The summed E-state index contributed by atoms with van der Waals surface area (Å²) in [7, 11) is 0. The van der Waals surface area contributed by atoms with Gasteiger partial charge in [-0.25, -0.2) is 4.79 Å². The molecule has 0 bridgehead atoms. The summed E-state index contributed by atoms with van der Waals surface area (Å²) < 4.78 is 0. The van der Waals surface area contributed by atoms with Crippen LogP contribution in [0.3, 0.4) is 0 Å². The smallest absolute Gasteiger partial charge is 0.326 e. The maximum Gasteiger partial charge on any atom is 0.326 e. The van der Waals surface area contributed by atoms with Gasteiger partial charge in [-0.05, 0) is 25.9 Å². The summed E-state index contributed by atoms with van der Waals surface area (Å²) in [5.41, 5.74) is -0.999. The fourth-order valence-corrected chi connectivity index (χ4v) is 1.98. The molecule has 6 nitrogen and oxygen atoms in total. The predicted octanol–water partition coefficient (Wildman–Crippen LogP) is -0.245. The largest absolute Gasteiger partial charge is 0.502 e. The van der Waals surface area contributed by atoms with Crippen LogP contribution in [0.15, 0.2) is 9.59 Å². The van der Waals surface area contributed by atoms with Gasteiger partial charge < -0.3 is 10.1 Å². The van der Waals surface area contributed by atoms with Crippen molar-refractivity contribution in [2.45, 2.75) is 25.8 Å².